The fraction of sp³-hybridized carbons (Fsp3) is 0.333. The van der Waals surface area contributed by atoms with Crippen molar-refractivity contribution in [2.45, 2.75) is 27.0 Å². The third kappa shape index (κ3) is 6.03. The normalized spacial score (nSPS) is 22.9. The Hall–Kier alpha value is -2.20. The van der Waals surface area contributed by atoms with Crippen LogP contribution in [0.4, 0.5) is 4.79 Å². The summed E-state index contributed by atoms with van der Waals surface area (Å²) >= 11 is 0. The van der Waals surface area contributed by atoms with Gasteiger partial charge in [-0.25, -0.2) is 4.79 Å². The van der Waals surface area contributed by atoms with E-state index in [1.54, 1.807) is 18.2 Å². The van der Waals surface area contributed by atoms with E-state index in [4.69, 9.17) is 0 Å². The van der Waals surface area contributed by atoms with Gasteiger partial charge in [0.25, 0.3) is 5.91 Å². The molecule has 33 heavy (non-hydrogen) atoms. The summed E-state index contributed by atoms with van der Waals surface area (Å²) in [5.41, 5.74) is 3.08. The number of carbonyl (C=O) groups is 2. The molecule has 2 aliphatic heterocycles. The number of nitriles is 1. The summed E-state index contributed by atoms with van der Waals surface area (Å²) in [5, 5.41) is 20.1. The molecule has 0 aromatic carbocycles. The molecular formula is C24H31BN4O3Y-. The number of imide groups is 1. The molecule has 4 radical (unpaired) electrons. The number of allylic oxidation sites excluding steroid dienone is 8. The second-order valence-corrected chi connectivity index (χ2v) is 7.78. The standard InChI is InChI=1S/C23H28N4O3.CH3.B.Y/c1-8-9-13-18-15(2)23(3,4)19(25(18)5)16(14-24)11-10-12-17-20(28)26(6)22(30)27(7)21(17)29;;;/h8-13,20,28H,1H2,2-7H3;1H3;;/q;-1;;/b11-10+,13-9-,17-12-,19-16-;;;. The van der Waals surface area contributed by atoms with Crippen molar-refractivity contribution in [3.05, 3.63) is 78.6 Å². The maximum absolute atomic E-state index is 12.3. The van der Waals surface area contributed by atoms with E-state index in [0.29, 0.717) is 5.57 Å². The van der Waals surface area contributed by atoms with Crippen LogP contribution in [0.1, 0.15) is 20.8 Å². The van der Waals surface area contributed by atoms with E-state index in [-0.39, 0.29) is 59.5 Å². The third-order valence-electron chi connectivity index (χ3n) is 5.70. The van der Waals surface area contributed by atoms with E-state index in [1.807, 2.05) is 31.0 Å². The molecule has 0 bridgehead atoms. The average Bonchev–Trinajstić information content (AvgIpc) is 2.88. The fourth-order valence-electron chi connectivity index (χ4n) is 3.72. The fourth-order valence-corrected chi connectivity index (χ4v) is 3.72. The van der Waals surface area contributed by atoms with Crippen LogP contribution in [0.25, 0.3) is 0 Å². The summed E-state index contributed by atoms with van der Waals surface area (Å²) in [6, 6.07) is 1.66. The molecule has 2 aliphatic rings. The number of hydrogen-bond acceptors (Lipinski definition) is 5. The molecule has 1 saturated heterocycles. The largest absolute Gasteiger partial charge is 0.369 e. The molecule has 2 heterocycles. The van der Waals surface area contributed by atoms with Crippen molar-refractivity contribution in [3.63, 3.8) is 0 Å². The average molecular weight is 523 g/mol. The Kier molecular flexibility index (Phi) is 12.9. The van der Waals surface area contributed by atoms with Gasteiger partial charge in [-0.3, -0.25) is 14.6 Å². The summed E-state index contributed by atoms with van der Waals surface area (Å²) in [7, 11) is 4.68. The zero-order valence-electron chi connectivity index (χ0n) is 20.5. The van der Waals surface area contributed by atoms with Crippen LogP contribution < -0.4 is 0 Å². The van der Waals surface area contributed by atoms with Crippen LogP contribution in [-0.2, 0) is 37.5 Å². The second kappa shape index (κ2) is 12.9. The molecule has 0 aromatic rings. The number of rotatable bonds is 4. The van der Waals surface area contributed by atoms with Gasteiger partial charge in [0, 0.05) is 79.1 Å². The number of nitrogens with zero attached hydrogens (tertiary/aromatic N) is 4. The first-order chi connectivity index (χ1) is 14.0. The van der Waals surface area contributed by atoms with Crippen molar-refractivity contribution in [2.24, 2.45) is 5.41 Å². The SMILES string of the molecule is C=C/C=C\C1=C(C)C(C)(C)\C(=C(C#N)/C=C/C=C2\C(=O)N(C)C(=O)N(C)C2O)N1C.[B].[CH3-].[Y]. The molecule has 1 fully saturated rings. The van der Waals surface area contributed by atoms with Gasteiger partial charge in [0.2, 0.25) is 0 Å². The molecule has 0 saturated carbocycles. The number of amides is 3. The zero-order chi connectivity index (χ0) is 22.8. The Labute approximate surface area is 224 Å². The van der Waals surface area contributed by atoms with Crippen LogP contribution in [0.15, 0.2) is 71.1 Å². The van der Waals surface area contributed by atoms with Gasteiger partial charge in [-0.2, -0.15) is 5.26 Å². The zero-order valence-corrected chi connectivity index (χ0v) is 23.3. The second-order valence-electron chi connectivity index (χ2n) is 7.78. The van der Waals surface area contributed by atoms with Crippen LogP contribution in [-0.4, -0.2) is 67.5 Å². The summed E-state index contributed by atoms with van der Waals surface area (Å²) in [4.78, 5) is 28.2. The van der Waals surface area contributed by atoms with Gasteiger partial charge in [0.05, 0.1) is 11.1 Å². The minimum Gasteiger partial charge on any atom is -0.369 e. The molecule has 3 amide bonds. The maximum atomic E-state index is 12.3. The first-order valence-corrected chi connectivity index (χ1v) is 9.50. The Morgan fingerprint density at radius 3 is 2.27 bits per heavy atom. The van der Waals surface area contributed by atoms with Crippen LogP contribution >= 0.6 is 0 Å². The smallest absolute Gasteiger partial charge is 0.328 e. The van der Waals surface area contributed by atoms with Gasteiger partial charge in [-0.1, -0.05) is 38.7 Å². The van der Waals surface area contributed by atoms with Crippen molar-refractivity contribution >= 4 is 20.4 Å². The topological polar surface area (TPSA) is 87.9 Å². The van der Waals surface area contributed by atoms with Gasteiger partial charge < -0.3 is 17.4 Å². The molecule has 0 aromatic heterocycles. The Morgan fingerprint density at radius 1 is 1.18 bits per heavy atom. The maximum Gasteiger partial charge on any atom is 0.328 e. The number of likely N-dealkylation sites (N-methyl/N-ethyl adjacent to an activating group) is 3. The van der Waals surface area contributed by atoms with Crippen LogP contribution in [0.5, 0.6) is 0 Å². The van der Waals surface area contributed by atoms with Gasteiger partial charge >= 0.3 is 6.03 Å². The van der Waals surface area contributed by atoms with Crippen molar-refractivity contribution in [3.8, 4) is 6.07 Å². The van der Waals surface area contributed by atoms with E-state index in [2.05, 4.69) is 26.5 Å². The number of aliphatic hydroxyl groups excluding tert-OH is 1. The molecule has 0 aliphatic carbocycles. The van der Waals surface area contributed by atoms with Gasteiger partial charge in [-0.05, 0) is 30.7 Å². The number of hydrogen-bond donors (Lipinski definition) is 1. The minimum absolute atomic E-state index is 0. The molecular weight excluding hydrogens is 492 g/mol. The Morgan fingerprint density at radius 2 is 1.76 bits per heavy atom. The van der Waals surface area contributed by atoms with Crippen molar-refractivity contribution in [1.82, 2.24) is 14.7 Å². The molecule has 2 rings (SSSR count). The number of aliphatic hydroxyl groups is 1. The van der Waals surface area contributed by atoms with Crippen LogP contribution in [0, 0.1) is 24.2 Å². The van der Waals surface area contributed by atoms with Crippen LogP contribution in [0.3, 0.4) is 0 Å². The first-order valence-electron chi connectivity index (χ1n) is 9.50. The monoisotopic (exact) mass is 523 g/mol. The summed E-state index contributed by atoms with van der Waals surface area (Å²) in [6.45, 7) is 9.84. The number of carbonyl (C=O) groups excluding carboxylic acids is 2. The Balaban J connectivity index is 0. The summed E-state index contributed by atoms with van der Waals surface area (Å²) in [5.74, 6) is -0.575. The molecule has 172 valence electrons. The van der Waals surface area contributed by atoms with Crippen molar-refractivity contribution in [1.29, 1.82) is 5.26 Å². The van der Waals surface area contributed by atoms with Crippen molar-refractivity contribution < 1.29 is 47.4 Å². The van der Waals surface area contributed by atoms with Gasteiger partial charge in [0.1, 0.15) is 6.07 Å². The first kappa shape index (κ1) is 33.0. The predicted molar refractivity (Wildman–Crippen MR) is 128 cm³/mol. The summed E-state index contributed by atoms with van der Waals surface area (Å²) in [6.07, 6.45) is 8.77. The van der Waals surface area contributed by atoms with Crippen molar-refractivity contribution in [2.75, 3.05) is 21.1 Å². The van der Waals surface area contributed by atoms with E-state index in [0.717, 1.165) is 26.8 Å². The van der Waals surface area contributed by atoms with Gasteiger partial charge in [0.15, 0.2) is 6.23 Å². The predicted octanol–water partition coefficient (Wildman–Crippen LogP) is 3.14. The van der Waals surface area contributed by atoms with E-state index < -0.39 is 18.2 Å². The van der Waals surface area contributed by atoms with E-state index in [9.17, 15) is 20.0 Å². The molecule has 1 unspecified atom stereocenters. The summed E-state index contributed by atoms with van der Waals surface area (Å²) < 4.78 is 0. The van der Waals surface area contributed by atoms with Gasteiger partial charge in [-0.15, -0.1) is 0 Å². The van der Waals surface area contributed by atoms with Crippen LogP contribution in [0.2, 0.25) is 0 Å². The van der Waals surface area contributed by atoms with E-state index in [1.165, 1.54) is 20.2 Å². The quantitative estimate of drug-likeness (QED) is 0.201. The van der Waals surface area contributed by atoms with E-state index >= 15 is 0 Å². The Bertz CT molecular complexity index is 986. The molecule has 9 heteroatoms. The molecule has 7 nitrogen and oxygen atoms in total. The minimum atomic E-state index is -1.34. The third-order valence-corrected chi connectivity index (χ3v) is 5.70. The number of urea groups is 1. The molecule has 1 atom stereocenters. The molecule has 1 N–H and O–H groups in total. The molecule has 0 spiro atoms.